The monoisotopic (exact) mass is 244 g/mol. The molecule has 17 heavy (non-hydrogen) atoms. The minimum absolute atomic E-state index is 0.0808. The molecule has 0 atom stereocenters. The van der Waals surface area contributed by atoms with E-state index < -0.39 is 5.60 Å². The molecule has 3 N–H and O–H groups in total. The lowest BCUT2D eigenvalue weighted by atomic mass is 9.84. The van der Waals surface area contributed by atoms with Crippen molar-refractivity contribution in [1.29, 1.82) is 0 Å². The molecule has 0 aliphatic carbocycles. The van der Waals surface area contributed by atoms with Crippen LogP contribution in [0.1, 0.15) is 47.0 Å². The van der Waals surface area contributed by atoms with Gasteiger partial charge in [-0.3, -0.25) is 4.79 Å². The standard InChI is InChI=1S/C13H28N2O2/c1-12(2,8-9-14)7-6-11(16)15(5)10-13(3,4)17/h17H,6-10,14H2,1-5H3. The van der Waals surface area contributed by atoms with Gasteiger partial charge in [0.25, 0.3) is 0 Å². The number of rotatable bonds is 7. The largest absolute Gasteiger partial charge is 0.389 e. The minimum Gasteiger partial charge on any atom is -0.389 e. The Morgan fingerprint density at radius 1 is 1.24 bits per heavy atom. The Labute approximate surface area is 105 Å². The van der Waals surface area contributed by atoms with Gasteiger partial charge in [0, 0.05) is 20.0 Å². The summed E-state index contributed by atoms with van der Waals surface area (Å²) in [7, 11) is 1.73. The van der Waals surface area contributed by atoms with Crippen LogP contribution in [0.5, 0.6) is 0 Å². The molecule has 0 heterocycles. The molecule has 0 rings (SSSR count). The predicted molar refractivity (Wildman–Crippen MR) is 70.6 cm³/mol. The van der Waals surface area contributed by atoms with E-state index in [0.717, 1.165) is 12.8 Å². The highest BCUT2D eigenvalue weighted by Crippen LogP contribution is 2.26. The third-order valence-corrected chi connectivity index (χ3v) is 2.89. The number of hydrogen-bond acceptors (Lipinski definition) is 3. The second kappa shape index (κ2) is 6.36. The summed E-state index contributed by atoms with van der Waals surface area (Å²) in [5, 5.41) is 9.64. The van der Waals surface area contributed by atoms with Gasteiger partial charge in [-0.2, -0.15) is 0 Å². The lowest BCUT2D eigenvalue weighted by Crippen LogP contribution is -2.40. The van der Waals surface area contributed by atoms with Crippen molar-refractivity contribution in [2.24, 2.45) is 11.1 Å². The van der Waals surface area contributed by atoms with Gasteiger partial charge in [-0.15, -0.1) is 0 Å². The quantitative estimate of drug-likeness (QED) is 0.711. The second-order valence-electron chi connectivity index (χ2n) is 6.27. The number of carbonyl (C=O) groups is 1. The highest BCUT2D eigenvalue weighted by Gasteiger charge is 2.22. The summed E-state index contributed by atoms with van der Waals surface area (Å²) in [5.41, 5.74) is 4.81. The maximum Gasteiger partial charge on any atom is 0.222 e. The van der Waals surface area contributed by atoms with Gasteiger partial charge in [0.05, 0.1) is 5.60 Å². The first-order valence-electron chi connectivity index (χ1n) is 6.24. The van der Waals surface area contributed by atoms with Crippen molar-refractivity contribution in [3.63, 3.8) is 0 Å². The molecule has 0 aromatic carbocycles. The zero-order chi connectivity index (χ0) is 13.7. The van der Waals surface area contributed by atoms with E-state index in [4.69, 9.17) is 5.73 Å². The van der Waals surface area contributed by atoms with Crippen LogP contribution in [0.2, 0.25) is 0 Å². The fourth-order valence-corrected chi connectivity index (χ4v) is 1.82. The van der Waals surface area contributed by atoms with Crippen LogP contribution in [-0.4, -0.2) is 41.7 Å². The number of nitrogens with two attached hydrogens (primary N) is 1. The maximum absolute atomic E-state index is 11.9. The number of hydrogen-bond donors (Lipinski definition) is 2. The van der Waals surface area contributed by atoms with Crippen molar-refractivity contribution >= 4 is 5.91 Å². The lowest BCUT2D eigenvalue weighted by molar-refractivity contribution is -0.133. The fourth-order valence-electron chi connectivity index (χ4n) is 1.82. The predicted octanol–water partition coefficient (Wildman–Crippen LogP) is 1.37. The van der Waals surface area contributed by atoms with E-state index >= 15 is 0 Å². The highest BCUT2D eigenvalue weighted by atomic mass is 16.3. The minimum atomic E-state index is -0.836. The van der Waals surface area contributed by atoms with Crippen LogP contribution in [-0.2, 0) is 4.79 Å². The first-order chi connectivity index (χ1) is 7.57. The fraction of sp³-hybridized carbons (Fsp3) is 0.923. The van der Waals surface area contributed by atoms with Gasteiger partial charge >= 0.3 is 0 Å². The number of nitrogens with zero attached hydrogens (tertiary/aromatic N) is 1. The van der Waals surface area contributed by atoms with E-state index in [1.807, 2.05) is 0 Å². The van der Waals surface area contributed by atoms with Crippen LogP contribution in [0.15, 0.2) is 0 Å². The maximum atomic E-state index is 11.9. The Morgan fingerprint density at radius 3 is 2.18 bits per heavy atom. The van der Waals surface area contributed by atoms with E-state index in [-0.39, 0.29) is 11.3 Å². The van der Waals surface area contributed by atoms with Crippen LogP contribution < -0.4 is 5.73 Å². The molecule has 0 aromatic heterocycles. The SMILES string of the molecule is CN(CC(C)(C)O)C(=O)CCC(C)(C)CCN. The number of likely N-dealkylation sites (N-methyl/N-ethyl adjacent to an activating group) is 1. The molecule has 0 bridgehead atoms. The molecule has 0 aromatic rings. The van der Waals surface area contributed by atoms with E-state index in [1.54, 1.807) is 25.8 Å². The Kier molecular flexibility index (Phi) is 6.13. The number of aliphatic hydroxyl groups is 1. The Balaban J connectivity index is 4.10. The molecule has 4 heteroatoms. The van der Waals surface area contributed by atoms with Crippen molar-refractivity contribution in [2.75, 3.05) is 20.1 Å². The normalized spacial score (nSPS) is 12.6. The van der Waals surface area contributed by atoms with Crippen LogP contribution in [0.25, 0.3) is 0 Å². The van der Waals surface area contributed by atoms with E-state index in [2.05, 4.69) is 13.8 Å². The topological polar surface area (TPSA) is 66.6 Å². The van der Waals surface area contributed by atoms with Gasteiger partial charge in [0.1, 0.15) is 0 Å². The van der Waals surface area contributed by atoms with Crippen molar-refractivity contribution < 1.29 is 9.90 Å². The molecule has 0 aliphatic rings. The number of carbonyl (C=O) groups excluding carboxylic acids is 1. The van der Waals surface area contributed by atoms with Crippen LogP contribution >= 0.6 is 0 Å². The summed E-state index contributed by atoms with van der Waals surface area (Å²) in [4.78, 5) is 13.5. The molecule has 0 saturated carbocycles. The van der Waals surface area contributed by atoms with Crippen LogP contribution in [0.3, 0.4) is 0 Å². The van der Waals surface area contributed by atoms with Gasteiger partial charge in [-0.05, 0) is 38.6 Å². The molecule has 0 aliphatic heterocycles. The number of amides is 1. The summed E-state index contributed by atoms with van der Waals surface area (Å²) in [6, 6.07) is 0. The van der Waals surface area contributed by atoms with Crippen molar-refractivity contribution in [1.82, 2.24) is 4.90 Å². The molecule has 0 radical (unpaired) electrons. The van der Waals surface area contributed by atoms with Crippen molar-refractivity contribution in [2.45, 2.75) is 52.6 Å². The molecule has 0 fully saturated rings. The van der Waals surface area contributed by atoms with Gasteiger partial charge in [0.2, 0.25) is 5.91 Å². The average Bonchev–Trinajstić information content (AvgIpc) is 2.11. The summed E-state index contributed by atoms with van der Waals surface area (Å²) in [6.45, 7) is 8.68. The average molecular weight is 244 g/mol. The van der Waals surface area contributed by atoms with Gasteiger partial charge < -0.3 is 15.7 Å². The van der Waals surface area contributed by atoms with E-state index in [0.29, 0.717) is 19.5 Å². The Bertz CT molecular complexity index is 244. The first kappa shape index (κ1) is 16.4. The highest BCUT2D eigenvalue weighted by molar-refractivity contribution is 5.75. The molecule has 102 valence electrons. The zero-order valence-electron chi connectivity index (χ0n) is 11.9. The molecular formula is C13H28N2O2. The first-order valence-corrected chi connectivity index (χ1v) is 6.24. The summed E-state index contributed by atoms with van der Waals surface area (Å²) < 4.78 is 0. The van der Waals surface area contributed by atoms with Gasteiger partial charge in [-0.25, -0.2) is 0 Å². The van der Waals surface area contributed by atoms with Crippen LogP contribution in [0, 0.1) is 5.41 Å². The molecule has 0 saturated heterocycles. The van der Waals surface area contributed by atoms with E-state index in [9.17, 15) is 9.90 Å². The van der Waals surface area contributed by atoms with E-state index in [1.165, 1.54) is 0 Å². The lowest BCUT2D eigenvalue weighted by Gasteiger charge is -2.28. The zero-order valence-corrected chi connectivity index (χ0v) is 11.9. The smallest absolute Gasteiger partial charge is 0.222 e. The van der Waals surface area contributed by atoms with Gasteiger partial charge in [-0.1, -0.05) is 13.8 Å². The summed E-state index contributed by atoms with van der Waals surface area (Å²) in [5.74, 6) is 0.0808. The summed E-state index contributed by atoms with van der Waals surface area (Å²) >= 11 is 0. The second-order valence-corrected chi connectivity index (χ2v) is 6.27. The Morgan fingerprint density at radius 2 is 1.76 bits per heavy atom. The molecule has 4 nitrogen and oxygen atoms in total. The summed E-state index contributed by atoms with van der Waals surface area (Å²) in [6.07, 6.45) is 2.27. The molecule has 0 unspecified atom stereocenters. The van der Waals surface area contributed by atoms with Crippen LogP contribution in [0.4, 0.5) is 0 Å². The van der Waals surface area contributed by atoms with Crippen molar-refractivity contribution in [3.8, 4) is 0 Å². The van der Waals surface area contributed by atoms with Gasteiger partial charge in [0.15, 0.2) is 0 Å². The Hall–Kier alpha value is -0.610. The molecular weight excluding hydrogens is 216 g/mol. The van der Waals surface area contributed by atoms with Crippen molar-refractivity contribution in [3.05, 3.63) is 0 Å². The third kappa shape index (κ3) is 8.16. The molecule has 1 amide bonds. The third-order valence-electron chi connectivity index (χ3n) is 2.89. The molecule has 0 spiro atoms.